The van der Waals surface area contributed by atoms with Crippen molar-refractivity contribution in [2.75, 3.05) is 19.6 Å². The van der Waals surface area contributed by atoms with Crippen molar-refractivity contribution in [2.24, 2.45) is 0 Å². The summed E-state index contributed by atoms with van der Waals surface area (Å²) in [5, 5.41) is 10.7. The van der Waals surface area contributed by atoms with Gasteiger partial charge in [0, 0.05) is 31.2 Å². The maximum atomic E-state index is 12.4. The van der Waals surface area contributed by atoms with Crippen LogP contribution in [0.2, 0.25) is 0 Å². The molecule has 0 bridgehead atoms. The SMILES string of the molecule is CC(C)(C)N1CC(NC(=O)c2ccn(C3CCCNC3)n2)CC1=O.Cl. The third-order valence-corrected chi connectivity index (χ3v) is 4.76. The molecule has 7 nitrogen and oxygen atoms in total. The summed E-state index contributed by atoms with van der Waals surface area (Å²) in [6, 6.07) is 1.91. The highest BCUT2D eigenvalue weighted by molar-refractivity contribution is 5.93. The first kappa shape index (κ1) is 19.7. The predicted molar refractivity (Wildman–Crippen MR) is 98.0 cm³/mol. The lowest BCUT2D eigenvalue weighted by molar-refractivity contribution is -0.131. The van der Waals surface area contributed by atoms with Crippen LogP contribution in [0.3, 0.4) is 0 Å². The van der Waals surface area contributed by atoms with Crippen LogP contribution in [0.1, 0.15) is 56.6 Å². The normalized spacial score (nSPS) is 24.1. The molecule has 1 aromatic rings. The van der Waals surface area contributed by atoms with Crippen LogP contribution >= 0.6 is 12.4 Å². The number of hydrogen-bond acceptors (Lipinski definition) is 4. The van der Waals surface area contributed by atoms with Gasteiger partial charge in [0.25, 0.3) is 5.91 Å². The fourth-order valence-electron chi connectivity index (χ4n) is 3.43. The first-order chi connectivity index (χ1) is 11.3. The molecule has 0 aliphatic carbocycles. The van der Waals surface area contributed by atoms with Crippen LogP contribution < -0.4 is 10.6 Å². The largest absolute Gasteiger partial charge is 0.346 e. The number of nitrogens with zero attached hydrogens (tertiary/aromatic N) is 3. The van der Waals surface area contributed by atoms with Crippen LogP contribution in [0.4, 0.5) is 0 Å². The highest BCUT2D eigenvalue weighted by Crippen LogP contribution is 2.22. The van der Waals surface area contributed by atoms with E-state index in [1.54, 1.807) is 6.07 Å². The lowest BCUT2D eigenvalue weighted by Gasteiger charge is -2.32. The Bertz CT molecular complexity index is 619. The summed E-state index contributed by atoms with van der Waals surface area (Å²) < 4.78 is 1.88. The lowest BCUT2D eigenvalue weighted by Crippen LogP contribution is -2.44. The maximum absolute atomic E-state index is 12.4. The predicted octanol–water partition coefficient (Wildman–Crippen LogP) is 1.36. The van der Waals surface area contributed by atoms with Crippen LogP contribution in [0.15, 0.2) is 12.3 Å². The minimum absolute atomic E-state index is 0. The van der Waals surface area contributed by atoms with Crippen LogP contribution in [-0.2, 0) is 4.79 Å². The summed E-state index contributed by atoms with van der Waals surface area (Å²) in [5.74, 6) is -0.113. The summed E-state index contributed by atoms with van der Waals surface area (Å²) in [4.78, 5) is 26.4. The fourth-order valence-corrected chi connectivity index (χ4v) is 3.43. The molecule has 2 N–H and O–H groups in total. The van der Waals surface area contributed by atoms with Gasteiger partial charge in [0.15, 0.2) is 0 Å². The van der Waals surface area contributed by atoms with Gasteiger partial charge in [-0.3, -0.25) is 14.3 Å². The van der Waals surface area contributed by atoms with Gasteiger partial charge in [-0.15, -0.1) is 12.4 Å². The van der Waals surface area contributed by atoms with Crippen molar-refractivity contribution in [3.05, 3.63) is 18.0 Å². The van der Waals surface area contributed by atoms with Crippen molar-refractivity contribution in [3.8, 4) is 0 Å². The smallest absolute Gasteiger partial charge is 0.272 e. The van der Waals surface area contributed by atoms with E-state index in [1.165, 1.54) is 0 Å². The van der Waals surface area contributed by atoms with E-state index in [0.717, 1.165) is 25.9 Å². The molecule has 25 heavy (non-hydrogen) atoms. The molecule has 2 unspecified atom stereocenters. The Kier molecular flexibility index (Phi) is 6.11. The Labute approximate surface area is 154 Å². The van der Waals surface area contributed by atoms with Crippen molar-refractivity contribution in [2.45, 2.75) is 57.7 Å². The third-order valence-electron chi connectivity index (χ3n) is 4.76. The average molecular weight is 370 g/mol. The number of piperidine rings is 1. The molecule has 0 saturated carbocycles. The molecule has 1 aromatic heterocycles. The molecule has 3 rings (SSSR count). The second-order valence-electron chi connectivity index (χ2n) is 7.73. The van der Waals surface area contributed by atoms with Gasteiger partial charge < -0.3 is 15.5 Å². The monoisotopic (exact) mass is 369 g/mol. The molecule has 2 saturated heterocycles. The van der Waals surface area contributed by atoms with E-state index >= 15 is 0 Å². The average Bonchev–Trinajstić information content (AvgIpc) is 3.14. The number of nitrogens with one attached hydrogen (secondary N) is 2. The van der Waals surface area contributed by atoms with Gasteiger partial charge in [0.05, 0.1) is 12.1 Å². The molecule has 2 amide bonds. The molecule has 8 heteroatoms. The molecule has 2 aliphatic rings. The number of likely N-dealkylation sites (tertiary alicyclic amines) is 1. The zero-order chi connectivity index (χ0) is 17.3. The van der Waals surface area contributed by atoms with E-state index in [2.05, 4.69) is 15.7 Å². The van der Waals surface area contributed by atoms with E-state index in [4.69, 9.17) is 0 Å². The number of amides is 2. The zero-order valence-corrected chi connectivity index (χ0v) is 15.9. The highest BCUT2D eigenvalue weighted by Gasteiger charge is 2.37. The minimum atomic E-state index is -0.216. The van der Waals surface area contributed by atoms with E-state index in [1.807, 2.05) is 36.5 Å². The number of carbonyl (C=O) groups excluding carboxylic acids is 2. The minimum Gasteiger partial charge on any atom is -0.346 e. The van der Waals surface area contributed by atoms with Crippen molar-refractivity contribution in [1.82, 2.24) is 25.3 Å². The van der Waals surface area contributed by atoms with Crippen LogP contribution in [0.5, 0.6) is 0 Å². The number of carbonyl (C=O) groups is 2. The first-order valence-electron chi connectivity index (χ1n) is 8.72. The van der Waals surface area contributed by atoms with Gasteiger partial charge in [0.1, 0.15) is 5.69 Å². The molecular weight excluding hydrogens is 342 g/mol. The Morgan fingerprint density at radius 3 is 2.76 bits per heavy atom. The highest BCUT2D eigenvalue weighted by atomic mass is 35.5. The fraction of sp³-hybridized carbons (Fsp3) is 0.706. The van der Waals surface area contributed by atoms with Gasteiger partial charge in [0.2, 0.25) is 5.91 Å². The van der Waals surface area contributed by atoms with E-state index < -0.39 is 0 Å². The number of halogens is 1. The van der Waals surface area contributed by atoms with Gasteiger partial charge >= 0.3 is 0 Å². The lowest BCUT2D eigenvalue weighted by atomic mass is 10.1. The van der Waals surface area contributed by atoms with Crippen LogP contribution in [-0.4, -0.2) is 57.7 Å². The first-order valence-corrected chi connectivity index (χ1v) is 8.72. The molecule has 3 heterocycles. The topological polar surface area (TPSA) is 79.3 Å². The quantitative estimate of drug-likeness (QED) is 0.843. The van der Waals surface area contributed by atoms with Crippen molar-refractivity contribution in [1.29, 1.82) is 0 Å². The van der Waals surface area contributed by atoms with Gasteiger partial charge in [-0.2, -0.15) is 5.10 Å². The van der Waals surface area contributed by atoms with E-state index in [9.17, 15) is 9.59 Å². The molecule has 0 spiro atoms. The molecular formula is C17H28ClN5O2. The second kappa shape index (κ2) is 7.74. The molecule has 2 aliphatic heterocycles. The van der Waals surface area contributed by atoms with Crippen molar-refractivity contribution < 1.29 is 9.59 Å². The molecule has 2 atom stereocenters. The summed E-state index contributed by atoms with van der Waals surface area (Å²) in [5.41, 5.74) is 0.203. The summed E-state index contributed by atoms with van der Waals surface area (Å²) in [6.45, 7) is 8.52. The summed E-state index contributed by atoms with van der Waals surface area (Å²) in [6.07, 6.45) is 4.43. The maximum Gasteiger partial charge on any atom is 0.272 e. The van der Waals surface area contributed by atoms with Crippen LogP contribution in [0, 0.1) is 0 Å². The molecule has 140 valence electrons. The molecule has 0 aromatic carbocycles. The molecule has 2 fully saturated rings. The van der Waals surface area contributed by atoms with Gasteiger partial charge in [-0.05, 0) is 46.2 Å². The number of hydrogen-bond donors (Lipinski definition) is 2. The van der Waals surface area contributed by atoms with E-state index in [-0.39, 0.29) is 35.8 Å². The van der Waals surface area contributed by atoms with Crippen LogP contribution in [0.25, 0.3) is 0 Å². The number of rotatable bonds is 3. The summed E-state index contributed by atoms with van der Waals surface area (Å²) in [7, 11) is 0. The van der Waals surface area contributed by atoms with Crippen molar-refractivity contribution in [3.63, 3.8) is 0 Å². The van der Waals surface area contributed by atoms with Gasteiger partial charge in [-0.1, -0.05) is 0 Å². The standard InChI is InChI=1S/C17H27N5O2.ClH/c1-17(2,3)21-11-12(9-15(21)23)19-16(24)14-6-8-22(20-14)13-5-4-7-18-10-13;/h6,8,12-13,18H,4-5,7,9-11H2,1-3H3,(H,19,24);1H. The Hall–Kier alpha value is -1.60. The Balaban J connectivity index is 0.00000225. The zero-order valence-electron chi connectivity index (χ0n) is 15.1. The van der Waals surface area contributed by atoms with E-state index in [0.29, 0.717) is 24.7 Å². The Morgan fingerprint density at radius 2 is 2.16 bits per heavy atom. The van der Waals surface area contributed by atoms with Gasteiger partial charge in [-0.25, -0.2) is 0 Å². The Morgan fingerprint density at radius 1 is 1.40 bits per heavy atom. The second-order valence-corrected chi connectivity index (χ2v) is 7.73. The molecule has 0 radical (unpaired) electrons. The number of aromatic nitrogens is 2. The van der Waals surface area contributed by atoms with Crippen molar-refractivity contribution >= 4 is 24.2 Å². The third kappa shape index (κ3) is 4.52. The summed E-state index contributed by atoms with van der Waals surface area (Å²) >= 11 is 0.